The van der Waals surface area contributed by atoms with Crippen LogP contribution in [0.25, 0.3) is 5.78 Å². The molecule has 1 aliphatic rings. The molecule has 7 nitrogen and oxygen atoms in total. The van der Waals surface area contributed by atoms with Crippen molar-refractivity contribution in [3.63, 3.8) is 0 Å². The Kier molecular flexibility index (Phi) is 6.52. The highest BCUT2D eigenvalue weighted by molar-refractivity contribution is 9.10. The molecule has 4 aromatic rings. The Bertz CT molecular complexity index is 1230. The Morgan fingerprint density at radius 2 is 1.70 bits per heavy atom. The van der Waals surface area contributed by atoms with Crippen LogP contribution >= 0.6 is 27.7 Å². The van der Waals surface area contributed by atoms with Crippen LogP contribution in [-0.2, 0) is 5.75 Å². The van der Waals surface area contributed by atoms with E-state index < -0.39 is 0 Å². The lowest BCUT2D eigenvalue weighted by atomic mass is 10.2. The minimum atomic E-state index is 0.602. The number of anilines is 3. The molecule has 9 heteroatoms. The Hall–Kier alpha value is -2.62. The first-order valence-corrected chi connectivity index (χ1v) is 12.7. The summed E-state index contributed by atoms with van der Waals surface area (Å²) in [7, 11) is 2.18. The monoisotopic (exact) mass is 523 g/mol. The summed E-state index contributed by atoms with van der Waals surface area (Å²) in [5.41, 5.74) is 4.40. The second-order valence-corrected chi connectivity index (χ2v) is 10.1. The molecule has 1 N–H and O–H groups in total. The van der Waals surface area contributed by atoms with Gasteiger partial charge >= 0.3 is 0 Å². The van der Waals surface area contributed by atoms with Crippen LogP contribution < -0.4 is 10.2 Å². The normalized spacial score (nSPS) is 14.7. The summed E-state index contributed by atoms with van der Waals surface area (Å²) in [4.78, 5) is 14.0. The van der Waals surface area contributed by atoms with Gasteiger partial charge in [-0.2, -0.15) is 9.50 Å². The second-order valence-electron chi connectivity index (χ2n) is 8.27. The molecular formula is C24H26BrN7S. The number of rotatable bonds is 6. The highest BCUT2D eigenvalue weighted by Gasteiger charge is 2.15. The van der Waals surface area contributed by atoms with E-state index in [0.717, 1.165) is 53.6 Å². The number of piperazine rings is 1. The minimum absolute atomic E-state index is 0.602. The third-order valence-electron chi connectivity index (χ3n) is 5.71. The Balaban J connectivity index is 1.31. The maximum atomic E-state index is 4.70. The molecule has 3 heterocycles. The van der Waals surface area contributed by atoms with Crippen molar-refractivity contribution in [2.24, 2.45) is 0 Å². The zero-order valence-electron chi connectivity index (χ0n) is 18.7. The number of nitrogens with zero attached hydrogens (tertiary/aromatic N) is 6. The highest BCUT2D eigenvalue weighted by Crippen LogP contribution is 2.25. The van der Waals surface area contributed by atoms with E-state index >= 15 is 0 Å². The zero-order valence-corrected chi connectivity index (χ0v) is 21.1. The second kappa shape index (κ2) is 9.70. The number of benzene rings is 2. The van der Waals surface area contributed by atoms with Gasteiger partial charge in [0.15, 0.2) is 0 Å². The first kappa shape index (κ1) is 22.2. The lowest BCUT2D eigenvalue weighted by molar-refractivity contribution is 0.313. The van der Waals surface area contributed by atoms with Crippen LogP contribution in [0.4, 0.5) is 17.2 Å². The van der Waals surface area contributed by atoms with Crippen LogP contribution in [0.2, 0.25) is 0 Å². The average molecular weight is 524 g/mol. The number of aromatic nitrogens is 4. The average Bonchev–Trinajstić information content (AvgIpc) is 3.23. The van der Waals surface area contributed by atoms with E-state index in [1.165, 1.54) is 11.3 Å². The van der Waals surface area contributed by atoms with Gasteiger partial charge in [0.2, 0.25) is 5.16 Å². The third kappa shape index (κ3) is 5.31. The molecule has 0 radical (unpaired) electrons. The molecule has 2 aromatic heterocycles. The smallest absolute Gasteiger partial charge is 0.255 e. The summed E-state index contributed by atoms with van der Waals surface area (Å²) < 4.78 is 2.86. The number of halogens is 1. The summed E-state index contributed by atoms with van der Waals surface area (Å²) in [6.07, 6.45) is 0. The molecule has 0 spiro atoms. The Morgan fingerprint density at radius 1 is 0.970 bits per heavy atom. The van der Waals surface area contributed by atoms with E-state index in [2.05, 4.69) is 96.6 Å². The number of thioether (sulfide) groups is 1. The van der Waals surface area contributed by atoms with Crippen molar-refractivity contribution in [3.8, 4) is 0 Å². The van der Waals surface area contributed by atoms with Gasteiger partial charge in [0.05, 0.1) is 0 Å². The van der Waals surface area contributed by atoms with E-state index in [1.807, 2.05) is 13.0 Å². The van der Waals surface area contributed by atoms with Gasteiger partial charge in [0.1, 0.15) is 5.82 Å². The molecule has 0 unspecified atom stereocenters. The van der Waals surface area contributed by atoms with Gasteiger partial charge in [0.25, 0.3) is 5.78 Å². The summed E-state index contributed by atoms with van der Waals surface area (Å²) in [5.74, 6) is 2.26. The quantitative estimate of drug-likeness (QED) is 0.357. The molecule has 0 atom stereocenters. The van der Waals surface area contributed by atoms with Crippen molar-refractivity contribution >= 4 is 50.7 Å². The molecule has 5 rings (SSSR count). The van der Waals surface area contributed by atoms with Crippen molar-refractivity contribution in [2.75, 3.05) is 43.4 Å². The third-order valence-corrected chi connectivity index (χ3v) is 7.15. The Labute approximate surface area is 206 Å². The van der Waals surface area contributed by atoms with Gasteiger partial charge in [-0.15, -0.1) is 5.10 Å². The van der Waals surface area contributed by atoms with Crippen LogP contribution in [0, 0.1) is 6.92 Å². The van der Waals surface area contributed by atoms with Gasteiger partial charge in [-0.3, -0.25) is 0 Å². The number of likely N-dealkylation sites (N-methyl/N-ethyl adjacent to an activating group) is 1. The largest absolute Gasteiger partial charge is 0.369 e. The fourth-order valence-corrected chi connectivity index (χ4v) is 4.85. The Morgan fingerprint density at radius 3 is 2.42 bits per heavy atom. The van der Waals surface area contributed by atoms with E-state index in [-0.39, 0.29) is 0 Å². The van der Waals surface area contributed by atoms with E-state index in [4.69, 9.17) is 5.10 Å². The predicted molar refractivity (Wildman–Crippen MR) is 139 cm³/mol. The molecule has 1 saturated heterocycles. The SMILES string of the molecule is Cc1cc(Nc2ccc(N3CCN(C)CC3)cc2)n2nc(SCc3ccc(Br)cc3)nc2n1. The van der Waals surface area contributed by atoms with Crippen LogP contribution in [0.3, 0.4) is 0 Å². The lowest BCUT2D eigenvalue weighted by Crippen LogP contribution is -2.44. The number of hydrogen-bond donors (Lipinski definition) is 1. The fourth-order valence-electron chi connectivity index (χ4n) is 3.82. The summed E-state index contributed by atoms with van der Waals surface area (Å²) in [5, 5.41) is 8.91. The number of hydrogen-bond acceptors (Lipinski definition) is 7. The number of aryl methyl sites for hydroxylation is 1. The molecule has 0 amide bonds. The molecule has 0 bridgehead atoms. The van der Waals surface area contributed by atoms with Gasteiger partial charge in [0, 0.05) is 59.5 Å². The van der Waals surface area contributed by atoms with Crippen LogP contribution in [0.5, 0.6) is 0 Å². The van der Waals surface area contributed by atoms with E-state index in [1.54, 1.807) is 16.3 Å². The molecule has 0 aliphatic carbocycles. The van der Waals surface area contributed by atoms with E-state index in [9.17, 15) is 0 Å². The molecule has 170 valence electrons. The fraction of sp³-hybridized carbons (Fsp3) is 0.292. The number of fused-ring (bicyclic) bond motifs is 1. The lowest BCUT2D eigenvalue weighted by Gasteiger charge is -2.34. The van der Waals surface area contributed by atoms with Gasteiger partial charge in [-0.05, 0) is 55.9 Å². The van der Waals surface area contributed by atoms with Gasteiger partial charge in [-0.1, -0.05) is 39.8 Å². The van der Waals surface area contributed by atoms with Gasteiger partial charge < -0.3 is 15.1 Å². The van der Waals surface area contributed by atoms with Gasteiger partial charge in [-0.25, -0.2) is 4.98 Å². The topological polar surface area (TPSA) is 61.6 Å². The minimum Gasteiger partial charge on any atom is -0.369 e. The van der Waals surface area contributed by atoms with E-state index in [0.29, 0.717) is 10.9 Å². The first-order chi connectivity index (χ1) is 16.0. The standard InChI is InChI=1S/C24H26BrN7S/c1-17-15-22(27-20-7-9-21(10-8-20)31-13-11-30(2)12-14-31)32-23(26-17)28-24(29-32)33-16-18-3-5-19(25)6-4-18/h3-10,15,27H,11-14,16H2,1-2H3. The van der Waals surface area contributed by atoms with Crippen molar-refractivity contribution in [1.29, 1.82) is 0 Å². The zero-order chi connectivity index (χ0) is 22.8. The van der Waals surface area contributed by atoms with Crippen molar-refractivity contribution in [3.05, 3.63) is 70.3 Å². The van der Waals surface area contributed by atoms with Crippen molar-refractivity contribution in [2.45, 2.75) is 17.8 Å². The van der Waals surface area contributed by atoms with Crippen LogP contribution in [-0.4, -0.2) is 57.7 Å². The first-order valence-electron chi connectivity index (χ1n) is 11.0. The molecule has 0 saturated carbocycles. The highest BCUT2D eigenvalue weighted by atomic mass is 79.9. The van der Waals surface area contributed by atoms with Crippen molar-refractivity contribution < 1.29 is 0 Å². The molecular weight excluding hydrogens is 498 g/mol. The molecule has 1 fully saturated rings. The van der Waals surface area contributed by atoms with Crippen molar-refractivity contribution in [1.82, 2.24) is 24.5 Å². The van der Waals surface area contributed by atoms with Crippen LogP contribution in [0.15, 0.2) is 64.2 Å². The maximum absolute atomic E-state index is 4.70. The predicted octanol–water partition coefficient (Wildman–Crippen LogP) is 4.98. The summed E-state index contributed by atoms with van der Waals surface area (Å²) in [6.45, 7) is 6.30. The van der Waals surface area contributed by atoms with Crippen LogP contribution in [0.1, 0.15) is 11.3 Å². The molecule has 2 aromatic carbocycles. The number of nitrogens with one attached hydrogen (secondary N) is 1. The summed E-state index contributed by atoms with van der Waals surface area (Å²) in [6, 6.07) is 18.9. The maximum Gasteiger partial charge on any atom is 0.255 e. The summed E-state index contributed by atoms with van der Waals surface area (Å²) >= 11 is 5.09. The molecule has 1 aliphatic heterocycles. The molecule has 33 heavy (non-hydrogen) atoms.